The number of hydrogen-bond acceptors (Lipinski definition) is 5. The minimum atomic E-state index is -1.06. The van der Waals surface area contributed by atoms with Gasteiger partial charge in [0.1, 0.15) is 6.54 Å². The fraction of sp³-hybridized carbons (Fsp3) is 0.278. The summed E-state index contributed by atoms with van der Waals surface area (Å²) in [5.41, 5.74) is 2.34. The number of nitrogens with zero attached hydrogens (tertiary/aromatic N) is 5. The SMILES string of the molecule is CCCN(CC(=O)O)C(=O)c1nnn(-c2ccc3ncccc3c2)c1C. The molecule has 1 aromatic carbocycles. The molecule has 1 amide bonds. The van der Waals surface area contributed by atoms with E-state index in [9.17, 15) is 9.59 Å². The molecule has 0 aliphatic rings. The highest BCUT2D eigenvalue weighted by Crippen LogP contribution is 2.19. The molecule has 0 aliphatic heterocycles. The Morgan fingerprint density at radius 2 is 2.08 bits per heavy atom. The van der Waals surface area contributed by atoms with Gasteiger partial charge in [0.2, 0.25) is 0 Å². The predicted molar refractivity (Wildman–Crippen MR) is 95.2 cm³/mol. The molecule has 2 aromatic heterocycles. The molecule has 0 fully saturated rings. The molecular weight excluding hydrogens is 334 g/mol. The molecule has 0 unspecified atom stereocenters. The van der Waals surface area contributed by atoms with Gasteiger partial charge in [-0.05, 0) is 37.6 Å². The van der Waals surface area contributed by atoms with E-state index in [1.807, 2.05) is 37.3 Å². The monoisotopic (exact) mass is 353 g/mol. The quantitative estimate of drug-likeness (QED) is 0.728. The van der Waals surface area contributed by atoms with Crippen LogP contribution in [0.15, 0.2) is 36.5 Å². The maximum atomic E-state index is 12.7. The van der Waals surface area contributed by atoms with Gasteiger partial charge < -0.3 is 10.0 Å². The first kappa shape index (κ1) is 17.5. The predicted octanol–water partition coefficient (Wildman–Crippen LogP) is 2.06. The molecule has 1 N–H and O–H groups in total. The first-order valence-corrected chi connectivity index (χ1v) is 8.29. The van der Waals surface area contributed by atoms with Crippen LogP contribution in [-0.2, 0) is 4.79 Å². The van der Waals surface area contributed by atoms with E-state index in [4.69, 9.17) is 5.11 Å². The Balaban J connectivity index is 1.95. The molecule has 0 saturated heterocycles. The van der Waals surface area contributed by atoms with Crippen LogP contribution in [0.25, 0.3) is 16.6 Å². The molecule has 3 aromatic rings. The summed E-state index contributed by atoms with van der Waals surface area (Å²) in [5, 5.41) is 18.1. The van der Waals surface area contributed by atoms with Crippen molar-refractivity contribution in [1.82, 2.24) is 24.9 Å². The molecule has 8 heteroatoms. The van der Waals surface area contributed by atoms with Crippen molar-refractivity contribution in [2.45, 2.75) is 20.3 Å². The van der Waals surface area contributed by atoms with Crippen LogP contribution in [0, 0.1) is 6.92 Å². The number of hydrogen-bond donors (Lipinski definition) is 1. The number of pyridine rings is 1. The van der Waals surface area contributed by atoms with Crippen molar-refractivity contribution >= 4 is 22.8 Å². The summed E-state index contributed by atoms with van der Waals surface area (Å²) >= 11 is 0. The van der Waals surface area contributed by atoms with E-state index in [0.717, 1.165) is 16.6 Å². The number of fused-ring (bicyclic) bond motifs is 1. The molecule has 3 rings (SSSR count). The van der Waals surface area contributed by atoms with Crippen LogP contribution in [0.2, 0.25) is 0 Å². The topological polar surface area (TPSA) is 101 Å². The van der Waals surface area contributed by atoms with Crippen molar-refractivity contribution in [3.8, 4) is 5.69 Å². The second-order valence-corrected chi connectivity index (χ2v) is 5.94. The van der Waals surface area contributed by atoms with Crippen molar-refractivity contribution < 1.29 is 14.7 Å². The lowest BCUT2D eigenvalue weighted by Crippen LogP contribution is -2.36. The molecule has 0 spiro atoms. The average Bonchev–Trinajstić information content (AvgIpc) is 3.01. The molecule has 2 heterocycles. The third-order valence-electron chi connectivity index (χ3n) is 4.04. The Morgan fingerprint density at radius 1 is 1.27 bits per heavy atom. The number of carboxylic acid groups (broad SMARTS) is 1. The van der Waals surface area contributed by atoms with Crippen molar-refractivity contribution in [3.05, 3.63) is 47.9 Å². The molecular formula is C18H19N5O3. The van der Waals surface area contributed by atoms with E-state index >= 15 is 0 Å². The zero-order valence-corrected chi connectivity index (χ0v) is 14.6. The van der Waals surface area contributed by atoms with Crippen molar-refractivity contribution in [3.63, 3.8) is 0 Å². The molecule has 0 radical (unpaired) electrons. The highest BCUT2D eigenvalue weighted by Gasteiger charge is 2.24. The van der Waals surface area contributed by atoms with Crippen LogP contribution < -0.4 is 0 Å². The summed E-state index contributed by atoms with van der Waals surface area (Å²) in [6, 6.07) is 9.44. The summed E-state index contributed by atoms with van der Waals surface area (Å²) in [4.78, 5) is 29.3. The van der Waals surface area contributed by atoms with E-state index in [0.29, 0.717) is 18.7 Å². The van der Waals surface area contributed by atoms with Gasteiger partial charge in [-0.2, -0.15) is 0 Å². The van der Waals surface area contributed by atoms with Crippen LogP contribution in [0.5, 0.6) is 0 Å². The van der Waals surface area contributed by atoms with Gasteiger partial charge in [-0.25, -0.2) is 4.68 Å². The summed E-state index contributed by atoms with van der Waals surface area (Å²) in [6.07, 6.45) is 2.38. The maximum absolute atomic E-state index is 12.7. The second-order valence-electron chi connectivity index (χ2n) is 5.94. The van der Waals surface area contributed by atoms with Gasteiger partial charge in [-0.15, -0.1) is 5.10 Å². The summed E-state index contributed by atoms with van der Waals surface area (Å²) in [7, 11) is 0. The van der Waals surface area contributed by atoms with E-state index < -0.39 is 11.9 Å². The van der Waals surface area contributed by atoms with Gasteiger partial charge in [-0.1, -0.05) is 18.2 Å². The van der Waals surface area contributed by atoms with Gasteiger partial charge in [0, 0.05) is 18.1 Å². The van der Waals surface area contributed by atoms with Gasteiger partial charge in [0.25, 0.3) is 5.91 Å². The van der Waals surface area contributed by atoms with E-state index in [1.54, 1.807) is 17.8 Å². The Labute approximate surface area is 150 Å². The highest BCUT2D eigenvalue weighted by atomic mass is 16.4. The zero-order chi connectivity index (χ0) is 18.7. The number of carbonyl (C=O) groups is 2. The standard InChI is InChI=1S/C18H19N5O3/c1-3-9-22(11-16(24)25)18(26)17-12(2)23(21-20-17)14-6-7-15-13(10-14)5-4-8-19-15/h4-8,10H,3,9,11H2,1-2H3,(H,24,25). The Bertz CT molecular complexity index is 966. The van der Waals surface area contributed by atoms with Crippen molar-refractivity contribution in [2.75, 3.05) is 13.1 Å². The minimum absolute atomic E-state index is 0.158. The highest BCUT2D eigenvalue weighted by molar-refractivity contribution is 5.95. The Hall–Kier alpha value is -3.29. The summed E-state index contributed by atoms with van der Waals surface area (Å²) < 4.78 is 1.57. The minimum Gasteiger partial charge on any atom is -0.480 e. The number of benzene rings is 1. The zero-order valence-electron chi connectivity index (χ0n) is 14.6. The van der Waals surface area contributed by atoms with E-state index in [-0.39, 0.29) is 12.2 Å². The van der Waals surface area contributed by atoms with Crippen molar-refractivity contribution in [1.29, 1.82) is 0 Å². The Morgan fingerprint density at radius 3 is 2.81 bits per heavy atom. The molecule has 134 valence electrons. The van der Waals surface area contributed by atoms with Crippen LogP contribution in [-0.4, -0.2) is 55.0 Å². The Kier molecular flexibility index (Phi) is 4.92. The van der Waals surface area contributed by atoms with Crippen LogP contribution >= 0.6 is 0 Å². The van der Waals surface area contributed by atoms with E-state index in [1.165, 1.54) is 4.90 Å². The lowest BCUT2D eigenvalue weighted by atomic mass is 10.2. The van der Waals surface area contributed by atoms with Gasteiger partial charge >= 0.3 is 5.97 Å². The fourth-order valence-electron chi connectivity index (χ4n) is 2.80. The summed E-state index contributed by atoms with van der Waals surface area (Å²) in [5.74, 6) is -1.49. The maximum Gasteiger partial charge on any atom is 0.323 e. The molecule has 8 nitrogen and oxygen atoms in total. The molecule has 0 bridgehead atoms. The number of aliphatic carboxylic acids is 1. The lowest BCUT2D eigenvalue weighted by molar-refractivity contribution is -0.137. The van der Waals surface area contributed by atoms with Gasteiger partial charge in [-0.3, -0.25) is 14.6 Å². The number of amides is 1. The molecule has 0 aliphatic carbocycles. The van der Waals surface area contributed by atoms with Crippen LogP contribution in [0.3, 0.4) is 0 Å². The number of carboxylic acids is 1. The fourth-order valence-corrected chi connectivity index (χ4v) is 2.80. The normalized spacial score (nSPS) is 10.8. The first-order valence-electron chi connectivity index (χ1n) is 8.29. The first-order chi connectivity index (χ1) is 12.5. The molecule has 0 atom stereocenters. The molecule has 26 heavy (non-hydrogen) atoms. The average molecular weight is 353 g/mol. The number of aromatic nitrogens is 4. The van der Waals surface area contributed by atoms with Gasteiger partial charge in [0.15, 0.2) is 5.69 Å². The van der Waals surface area contributed by atoms with E-state index in [2.05, 4.69) is 15.3 Å². The van der Waals surface area contributed by atoms with Crippen molar-refractivity contribution in [2.24, 2.45) is 0 Å². The molecule has 0 saturated carbocycles. The van der Waals surface area contributed by atoms with Gasteiger partial charge in [0.05, 0.1) is 16.9 Å². The third kappa shape index (κ3) is 3.39. The second kappa shape index (κ2) is 7.30. The van der Waals surface area contributed by atoms with Crippen LogP contribution in [0.4, 0.5) is 0 Å². The number of rotatable bonds is 6. The summed E-state index contributed by atoms with van der Waals surface area (Å²) in [6.45, 7) is 3.61. The smallest absolute Gasteiger partial charge is 0.323 e. The van der Waals surface area contributed by atoms with Crippen LogP contribution in [0.1, 0.15) is 29.5 Å². The lowest BCUT2D eigenvalue weighted by Gasteiger charge is -2.18. The number of carbonyl (C=O) groups excluding carboxylic acids is 1. The third-order valence-corrected chi connectivity index (χ3v) is 4.04. The largest absolute Gasteiger partial charge is 0.480 e.